The van der Waals surface area contributed by atoms with Crippen molar-refractivity contribution in [2.24, 2.45) is 0 Å². The molecule has 3 nitrogen and oxygen atoms in total. The van der Waals surface area contributed by atoms with Crippen molar-refractivity contribution < 1.29 is 4.79 Å². The molecular formula is C14H13BrCl2N2O. The molecule has 6 heteroatoms. The second-order valence-corrected chi connectivity index (χ2v) is 5.97. The number of aromatic nitrogens is 2. The molecule has 1 aromatic carbocycles. The van der Waals surface area contributed by atoms with Crippen LogP contribution in [-0.2, 0) is 13.0 Å². The summed E-state index contributed by atoms with van der Waals surface area (Å²) in [7, 11) is 0. The molecule has 0 aliphatic heterocycles. The molecule has 0 aliphatic carbocycles. The first-order valence-corrected chi connectivity index (χ1v) is 7.69. The van der Waals surface area contributed by atoms with Crippen LogP contribution < -0.4 is 0 Å². The van der Waals surface area contributed by atoms with Crippen molar-refractivity contribution >= 4 is 44.9 Å². The van der Waals surface area contributed by atoms with Crippen LogP contribution in [0.1, 0.15) is 28.7 Å². The van der Waals surface area contributed by atoms with Gasteiger partial charge in [-0.15, -0.1) is 0 Å². The standard InChI is InChI=1S/C14H13BrCl2N2O/c1-3-19-11(14(15)8(2)18-19)7-12(20)13-9(16)5-4-6-10(13)17/h4-6H,3,7H2,1-2H3. The summed E-state index contributed by atoms with van der Waals surface area (Å²) in [4.78, 5) is 12.5. The van der Waals surface area contributed by atoms with Crippen LogP contribution >= 0.6 is 39.1 Å². The van der Waals surface area contributed by atoms with Gasteiger partial charge in [-0.2, -0.15) is 5.10 Å². The van der Waals surface area contributed by atoms with Gasteiger partial charge < -0.3 is 0 Å². The first-order valence-electron chi connectivity index (χ1n) is 6.14. The maximum absolute atomic E-state index is 12.5. The van der Waals surface area contributed by atoms with Crippen molar-refractivity contribution in [3.63, 3.8) is 0 Å². The topological polar surface area (TPSA) is 34.9 Å². The normalized spacial score (nSPS) is 10.8. The van der Waals surface area contributed by atoms with E-state index in [2.05, 4.69) is 21.0 Å². The highest BCUT2D eigenvalue weighted by molar-refractivity contribution is 9.10. The van der Waals surface area contributed by atoms with Crippen molar-refractivity contribution in [1.82, 2.24) is 9.78 Å². The Balaban J connectivity index is 2.38. The average molecular weight is 376 g/mol. The van der Waals surface area contributed by atoms with Crippen molar-refractivity contribution in [1.29, 1.82) is 0 Å². The lowest BCUT2D eigenvalue weighted by molar-refractivity contribution is 0.0990. The summed E-state index contributed by atoms with van der Waals surface area (Å²) in [6.45, 7) is 4.58. The number of Topliss-reactive ketones (excluding diaryl/α,β-unsaturated/α-hetero) is 1. The first-order chi connectivity index (χ1) is 9.45. The summed E-state index contributed by atoms with van der Waals surface area (Å²) in [5, 5.41) is 5.12. The molecule has 20 heavy (non-hydrogen) atoms. The van der Waals surface area contributed by atoms with Gasteiger partial charge in [0.05, 0.1) is 37.9 Å². The Morgan fingerprint density at radius 1 is 1.35 bits per heavy atom. The number of carbonyl (C=O) groups is 1. The molecule has 0 unspecified atom stereocenters. The SMILES string of the molecule is CCn1nc(C)c(Br)c1CC(=O)c1c(Cl)cccc1Cl. The van der Waals surface area contributed by atoms with E-state index in [1.165, 1.54) is 0 Å². The fraction of sp³-hybridized carbons (Fsp3) is 0.286. The van der Waals surface area contributed by atoms with Crippen molar-refractivity contribution in [3.8, 4) is 0 Å². The Labute approximate surface area is 136 Å². The molecule has 0 spiro atoms. The highest BCUT2D eigenvalue weighted by Gasteiger charge is 2.20. The zero-order valence-electron chi connectivity index (χ0n) is 11.1. The van der Waals surface area contributed by atoms with Gasteiger partial charge in [0.2, 0.25) is 0 Å². The molecule has 2 rings (SSSR count). The molecule has 0 N–H and O–H groups in total. The fourth-order valence-corrected chi connectivity index (χ4v) is 3.07. The van der Waals surface area contributed by atoms with Crippen LogP contribution in [0, 0.1) is 6.92 Å². The highest BCUT2D eigenvalue weighted by atomic mass is 79.9. The lowest BCUT2D eigenvalue weighted by Crippen LogP contribution is -2.11. The first kappa shape index (κ1) is 15.5. The van der Waals surface area contributed by atoms with Gasteiger partial charge in [0.15, 0.2) is 5.78 Å². The molecule has 0 saturated carbocycles. The molecule has 1 aromatic heterocycles. The number of carbonyl (C=O) groups excluding carboxylic acids is 1. The Bertz CT molecular complexity index is 647. The van der Waals surface area contributed by atoms with Gasteiger partial charge in [-0.25, -0.2) is 0 Å². The summed E-state index contributed by atoms with van der Waals surface area (Å²) >= 11 is 15.6. The molecule has 0 fully saturated rings. The van der Waals surface area contributed by atoms with E-state index in [0.29, 0.717) is 22.2 Å². The lowest BCUT2D eigenvalue weighted by atomic mass is 10.1. The van der Waals surface area contributed by atoms with E-state index >= 15 is 0 Å². The Kier molecular flexibility index (Phi) is 4.89. The quantitative estimate of drug-likeness (QED) is 0.725. The minimum Gasteiger partial charge on any atom is -0.294 e. The maximum Gasteiger partial charge on any atom is 0.171 e. The predicted octanol–water partition coefficient (Wildman–Crippen LogP) is 4.71. The highest BCUT2D eigenvalue weighted by Crippen LogP contribution is 2.28. The van der Waals surface area contributed by atoms with E-state index in [-0.39, 0.29) is 12.2 Å². The van der Waals surface area contributed by atoms with Crippen molar-refractivity contribution in [2.75, 3.05) is 0 Å². The molecule has 2 aromatic rings. The van der Waals surface area contributed by atoms with Crippen molar-refractivity contribution in [2.45, 2.75) is 26.8 Å². The van der Waals surface area contributed by atoms with Crippen LogP contribution in [0.4, 0.5) is 0 Å². The smallest absolute Gasteiger partial charge is 0.171 e. The second-order valence-electron chi connectivity index (χ2n) is 4.36. The summed E-state index contributed by atoms with van der Waals surface area (Å²) in [5.74, 6) is -0.115. The van der Waals surface area contributed by atoms with Crippen LogP contribution in [-0.4, -0.2) is 15.6 Å². The fourth-order valence-electron chi connectivity index (χ4n) is 2.04. The number of hydrogen-bond acceptors (Lipinski definition) is 2. The molecule has 0 saturated heterocycles. The molecule has 0 aliphatic rings. The van der Waals surface area contributed by atoms with E-state index < -0.39 is 0 Å². The predicted molar refractivity (Wildman–Crippen MR) is 84.8 cm³/mol. The molecule has 0 amide bonds. The van der Waals surface area contributed by atoms with Gasteiger partial charge in [-0.05, 0) is 41.9 Å². The number of halogens is 3. The van der Waals surface area contributed by atoms with Gasteiger partial charge in [0.25, 0.3) is 0 Å². The summed E-state index contributed by atoms with van der Waals surface area (Å²) in [5.41, 5.74) is 2.06. The van der Waals surface area contributed by atoms with Crippen LogP contribution in [0.15, 0.2) is 22.7 Å². The third kappa shape index (κ3) is 2.92. The third-order valence-corrected chi connectivity index (χ3v) is 4.68. The Morgan fingerprint density at radius 2 is 1.95 bits per heavy atom. The van der Waals surface area contributed by atoms with Crippen LogP contribution in [0.3, 0.4) is 0 Å². The van der Waals surface area contributed by atoms with Gasteiger partial charge >= 0.3 is 0 Å². The number of ketones is 1. The zero-order valence-corrected chi connectivity index (χ0v) is 14.2. The van der Waals surface area contributed by atoms with Crippen LogP contribution in [0.25, 0.3) is 0 Å². The lowest BCUT2D eigenvalue weighted by Gasteiger charge is -2.08. The molecule has 1 heterocycles. The van der Waals surface area contributed by atoms with Gasteiger partial charge in [-0.1, -0.05) is 29.3 Å². The minimum absolute atomic E-state index is 0.115. The Morgan fingerprint density at radius 3 is 2.50 bits per heavy atom. The summed E-state index contributed by atoms with van der Waals surface area (Å²) < 4.78 is 2.66. The number of rotatable bonds is 4. The minimum atomic E-state index is -0.115. The Hall–Kier alpha value is -0.840. The number of benzene rings is 1. The monoisotopic (exact) mass is 374 g/mol. The van der Waals surface area contributed by atoms with Gasteiger partial charge in [-0.3, -0.25) is 9.48 Å². The molecule has 0 radical (unpaired) electrons. The van der Waals surface area contributed by atoms with Crippen LogP contribution in [0.2, 0.25) is 10.0 Å². The number of nitrogens with zero attached hydrogens (tertiary/aromatic N) is 2. The van der Waals surface area contributed by atoms with E-state index in [1.54, 1.807) is 18.2 Å². The average Bonchev–Trinajstić information content (AvgIpc) is 2.66. The third-order valence-electron chi connectivity index (χ3n) is 3.02. The van der Waals surface area contributed by atoms with E-state index in [0.717, 1.165) is 15.9 Å². The zero-order chi connectivity index (χ0) is 14.9. The van der Waals surface area contributed by atoms with Crippen LogP contribution in [0.5, 0.6) is 0 Å². The molecule has 0 atom stereocenters. The second kappa shape index (κ2) is 6.29. The summed E-state index contributed by atoms with van der Waals surface area (Å²) in [6.07, 6.45) is 0.207. The summed E-state index contributed by atoms with van der Waals surface area (Å²) in [6, 6.07) is 5.05. The largest absolute Gasteiger partial charge is 0.294 e. The molecular weight excluding hydrogens is 363 g/mol. The van der Waals surface area contributed by atoms with Crippen molar-refractivity contribution in [3.05, 3.63) is 49.7 Å². The van der Waals surface area contributed by atoms with Gasteiger partial charge in [0, 0.05) is 6.54 Å². The molecule has 106 valence electrons. The van der Waals surface area contributed by atoms with E-state index in [9.17, 15) is 4.79 Å². The van der Waals surface area contributed by atoms with Gasteiger partial charge in [0.1, 0.15) is 0 Å². The van der Waals surface area contributed by atoms with E-state index in [4.69, 9.17) is 23.2 Å². The number of hydrogen-bond donors (Lipinski definition) is 0. The maximum atomic E-state index is 12.5. The molecule has 0 bridgehead atoms. The number of aryl methyl sites for hydroxylation is 2. The van der Waals surface area contributed by atoms with E-state index in [1.807, 2.05) is 18.5 Å².